The SMILES string of the molecule is CC(C)(C)NC1=C(Cl)C=CCC1. The molecule has 0 aromatic carbocycles. The molecule has 0 spiro atoms. The first kappa shape index (κ1) is 9.66. The largest absolute Gasteiger partial charge is 0.383 e. The van der Waals surface area contributed by atoms with Crippen molar-refractivity contribution in [3.63, 3.8) is 0 Å². The number of hydrogen-bond acceptors (Lipinski definition) is 1. The van der Waals surface area contributed by atoms with E-state index in [1.165, 1.54) is 5.70 Å². The molecule has 0 heterocycles. The van der Waals surface area contributed by atoms with Gasteiger partial charge in [0.2, 0.25) is 0 Å². The average Bonchev–Trinajstić information content (AvgIpc) is 1.91. The van der Waals surface area contributed by atoms with Crippen LogP contribution >= 0.6 is 11.6 Å². The highest BCUT2D eigenvalue weighted by Crippen LogP contribution is 2.21. The number of halogens is 1. The van der Waals surface area contributed by atoms with E-state index in [1.54, 1.807) is 0 Å². The van der Waals surface area contributed by atoms with Crippen LogP contribution in [0.2, 0.25) is 0 Å². The molecule has 2 heteroatoms. The van der Waals surface area contributed by atoms with Crippen molar-refractivity contribution in [2.45, 2.75) is 39.2 Å². The summed E-state index contributed by atoms with van der Waals surface area (Å²) in [6, 6.07) is 0. The average molecular weight is 186 g/mol. The number of rotatable bonds is 1. The summed E-state index contributed by atoms with van der Waals surface area (Å²) in [6.07, 6.45) is 6.20. The molecule has 12 heavy (non-hydrogen) atoms. The van der Waals surface area contributed by atoms with Gasteiger partial charge in [-0.05, 0) is 39.7 Å². The van der Waals surface area contributed by atoms with Crippen molar-refractivity contribution < 1.29 is 0 Å². The van der Waals surface area contributed by atoms with Crippen LogP contribution < -0.4 is 5.32 Å². The first-order chi connectivity index (χ1) is 5.49. The Labute approximate surface area is 79.5 Å². The first-order valence-corrected chi connectivity index (χ1v) is 4.70. The van der Waals surface area contributed by atoms with E-state index in [9.17, 15) is 0 Å². The topological polar surface area (TPSA) is 12.0 Å². The molecular weight excluding hydrogens is 170 g/mol. The Bertz CT molecular complexity index is 220. The molecule has 0 aromatic rings. The lowest BCUT2D eigenvalue weighted by molar-refractivity contribution is 0.462. The van der Waals surface area contributed by atoms with Crippen molar-refractivity contribution in [1.82, 2.24) is 5.32 Å². The van der Waals surface area contributed by atoms with Crippen LogP contribution in [-0.2, 0) is 0 Å². The molecule has 1 aliphatic rings. The molecule has 0 aliphatic heterocycles. The second-order valence-electron chi connectivity index (χ2n) is 4.14. The van der Waals surface area contributed by atoms with Gasteiger partial charge in [-0.25, -0.2) is 0 Å². The summed E-state index contributed by atoms with van der Waals surface area (Å²) in [5.41, 5.74) is 1.28. The Balaban J connectivity index is 2.68. The smallest absolute Gasteiger partial charge is 0.0592 e. The van der Waals surface area contributed by atoms with Crippen LogP contribution in [0.15, 0.2) is 22.9 Å². The molecule has 1 rings (SSSR count). The summed E-state index contributed by atoms with van der Waals surface area (Å²) >= 11 is 6.02. The van der Waals surface area contributed by atoms with Crippen molar-refractivity contribution in [3.8, 4) is 0 Å². The third kappa shape index (κ3) is 2.90. The molecule has 0 aromatic heterocycles. The lowest BCUT2D eigenvalue weighted by atomic mass is 10.1. The van der Waals surface area contributed by atoms with Crippen molar-refractivity contribution in [3.05, 3.63) is 22.9 Å². The van der Waals surface area contributed by atoms with E-state index >= 15 is 0 Å². The minimum atomic E-state index is 0.112. The minimum absolute atomic E-state index is 0.112. The van der Waals surface area contributed by atoms with Gasteiger partial charge in [-0.15, -0.1) is 0 Å². The van der Waals surface area contributed by atoms with Gasteiger partial charge in [0.25, 0.3) is 0 Å². The second kappa shape index (κ2) is 3.53. The maximum absolute atomic E-state index is 6.02. The number of hydrogen-bond donors (Lipinski definition) is 1. The zero-order valence-corrected chi connectivity index (χ0v) is 8.70. The molecule has 68 valence electrons. The normalized spacial score (nSPS) is 18.3. The van der Waals surface area contributed by atoms with Crippen molar-refractivity contribution in [1.29, 1.82) is 0 Å². The first-order valence-electron chi connectivity index (χ1n) is 4.32. The van der Waals surface area contributed by atoms with Gasteiger partial charge in [0.1, 0.15) is 0 Å². The summed E-state index contributed by atoms with van der Waals surface area (Å²) in [7, 11) is 0. The fraction of sp³-hybridized carbons (Fsp3) is 0.600. The Kier molecular flexibility index (Phi) is 2.84. The molecule has 0 saturated heterocycles. The predicted molar refractivity (Wildman–Crippen MR) is 54.1 cm³/mol. The third-order valence-corrected chi connectivity index (χ3v) is 1.99. The zero-order valence-electron chi connectivity index (χ0n) is 7.95. The van der Waals surface area contributed by atoms with Gasteiger partial charge in [0.15, 0.2) is 0 Å². The monoisotopic (exact) mass is 185 g/mol. The highest BCUT2D eigenvalue weighted by atomic mass is 35.5. The molecule has 0 radical (unpaired) electrons. The quantitative estimate of drug-likeness (QED) is 0.662. The summed E-state index contributed by atoms with van der Waals surface area (Å²) in [4.78, 5) is 0. The molecule has 0 atom stereocenters. The van der Waals surface area contributed by atoms with Crippen LogP contribution in [0.4, 0.5) is 0 Å². The van der Waals surface area contributed by atoms with Gasteiger partial charge < -0.3 is 5.32 Å². The van der Waals surface area contributed by atoms with Crippen molar-refractivity contribution in [2.75, 3.05) is 0 Å². The standard InChI is InChI=1S/C10H16ClN/c1-10(2,3)12-9-7-5-4-6-8(9)11/h4,6,12H,5,7H2,1-3H3. The fourth-order valence-electron chi connectivity index (χ4n) is 1.21. The molecule has 1 aliphatic carbocycles. The summed E-state index contributed by atoms with van der Waals surface area (Å²) < 4.78 is 0. The van der Waals surface area contributed by atoms with Crippen LogP contribution in [0.1, 0.15) is 33.6 Å². The summed E-state index contributed by atoms with van der Waals surface area (Å²) in [5.74, 6) is 0. The number of nitrogens with one attached hydrogen (secondary N) is 1. The van der Waals surface area contributed by atoms with Crippen molar-refractivity contribution in [2.24, 2.45) is 0 Å². The van der Waals surface area contributed by atoms with Crippen molar-refractivity contribution >= 4 is 11.6 Å². The van der Waals surface area contributed by atoms with Crippen LogP contribution in [0, 0.1) is 0 Å². The van der Waals surface area contributed by atoms with Gasteiger partial charge in [0.05, 0.1) is 5.03 Å². The Morgan fingerprint density at radius 1 is 1.42 bits per heavy atom. The molecule has 0 amide bonds. The highest BCUT2D eigenvalue weighted by molar-refractivity contribution is 6.31. The van der Waals surface area contributed by atoms with Gasteiger partial charge >= 0.3 is 0 Å². The van der Waals surface area contributed by atoms with E-state index in [-0.39, 0.29) is 5.54 Å². The predicted octanol–water partition coefficient (Wildman–Crippen LogP) is 3.17. The molecule has 1 N–H and O–H groups in total. The third-order valence-electron chi connectivity index (χ3n) is 1.64. The second-order valence-corrected chi connectivity index (χ2v) is 4.55. The van der Waals surface area contributed by atoms with Crippen LogP contribution in [0.25, 0.3) is 0 Å². The molecule has 0 saturated carbocycles. The van der Waals surface area contributed by atoms with E-state index in [0.29, 0.717) is 0 Å². The lowest BCUT2D eigenvalue weighted by Gasteiger charge is -2.26. The van der Waals surface area contributed by atoms with Crippen LogP contribution in [-0.4, -0.2) is 5.54 Å². The number of allylic oxidation sites excluding steroid dienone is 4. The molecule has 0 unspecified atom stereocenters. The molecule has 1 nitrogen and oxygen atoms in total. The highest BCUT2D eigenvalue weighted by Gasteiger charge is 2.14. The van der Waals surface area contributed by atoms with Gasteiger partial charge in [-0.1, -0.05) is 17.7 Å². The minimum Gasteiger partial charge on any atom is -0.383 e. The lowest BCUT2D eigenvalue weighted by Crippen LogP contribution is -2.35. The summed E-state index contributed by atoms with van der Waals surface area (Å²) in [5, 5.41) is 4.26. The molecular formula is C10H16ClN. The Morgan fingerprint density at radius 2 is 2.08 bits per heavy atom. The Hall–Kier alpha value is -0.430. The van der Waals surface area contributed by atoms with Gasteiger partial charge in [-0.3, -0.25) is 0 Å². The van der Waals surface area contributed by atoms with Gasteiger partial charge in [0, 0.05) is 11.2 Å². The summed E-state index contributed by atoms with van der Waals surface area (Å²) in [6.45, 7) is 6.42. The van der Waals surface area contributed by atoms with Gasteiger partial charge in [-0.2, -0.15) is 0 Å². The van der Waals surface area contributed by atoms with Crippen LogP contribution in [0.5, 0.6) is 0 Å². The van der Waals surface area contributed by atoms with E-state index in [2.05, 4.69) is 32.2 Å². The molecule has 0 bridgehead atoms. The Morgan fingerprint density at radius 3 is 2.58 bits per heavy atom. The maximum atomic E-state index is 6.02. The zero-order chi connectivity index (χ0) is 9.19. The van der Waals surface area contributed by atoms with E-state index in [1.807, 2.05) is 6.08 Å². The van der Waals surface area contributed by atoms with E-state index in [4.69, 9.17) is 11.6 Å². The maximum Gasteiger partial charge on any atom is 0.0592 e. The van der Waals surface area contributed by atoms with E-state index in [0.717, 1.165) is 17.9 Å². The van der Waals surface area contributed by atoms with Crippen LogP contribution in [0.3, 0.4) is 0 Å². The molecule has 0 fully saturated rings. The van der Waals surface area contributed by atoms with E-state index < -0.39 is 0 Å². The fourth-order valence-corrected chi connectivity index (χ4v) is 1.44.